The fourth-order valence-corrected chi connectivity index (χ4v) is 3.95. The van der Waals surface area contributed by atoms with Crippen molar-refractivity contribution in [2.24, 2.45) is 0 Å². The number of hydrogen-bond donors (Lipinski definition) is 4. The molecule has 0 radical (unpaired) electrons. The summed E-state index contributed by atoms with van der Waals surface area (Å²) in [7, 11) is 0. The van der Waals surface area contributed by atoms with Gasteiger partial charge in [-0.15, -0.1) is 0 Å². The number of nitrogens with one attached hydrogen (secondary N) is 3. The summed E-state index contributed by atoms with van der Waals surface area (Å²) in [6.45, 7) is 3.49. The Bertz CT molecular complexity index is 1420. The van der Waals surface area contributed by atoms with Crippen LogP contribution in [0.2, 0.25) is 0 Å². The molecule has 5 rings (SSSR count). The van der Waals surface area contributed by atoms with Gasteiger partial charge < -0.3 is 26.0 Å². The van der Waals surface area contributed by atoms with Crippen LogP contribution in [-0.4, -0.2) is 63.1 Å². The Morgan fingerprint density at radius 3 is 2.54 bits per heavy atom. The number of rotatable bonds is 7. The highest BCUT2D eigenvalue weighted by Crippen LogP contribution is 2.28. The molecule has 1 aromatic carbocycles. The fourth-order valence-electron chi connectivity index (χ4n) is 3.95. The third-order valence-corrected chi connectivity index (χ3v) is 5.76. The molecule has 0 spiro atoms. The van der Waals surface area contributed by atoms with Crippen LogP contribution in [0.15, 0.2) is 73.3 Å². The molecule has 4 heterocycles. The first-order valence-electron chi connectivity index (χ1n) is 11.7. The van der Waals surface area contributed by atoms with Crippen LogP contribution in [0.4, 0.5) is 23.1 Å². The summed E-state index contributed by atoms with van der Waals surface area (Å²) in [6, 6.07) is 13.1. The number of amides is 1. The molecular weight excluding hydrogens is 472 g/mol. The van der Waals surface area contributed by atoms with Crippen molar-refractivity contribution in [1.82, 2.24) is 25.3 Å². The van der Waals surface area contributed by atoms with E-state index >= 15 is 0 Å². The van der Waals surface area contributed by atoms with Crippen LogP contribution in [0, 0.1) is 0 Å². The van der Waals surface area contributed by atoms with Gasteiger partial charge in [0.1, 0.15) is 17.5 Å². The highest BCUT2D eigenvalue weighted by Gasteiger charge is 2.15. The zero-order valence-corrected chi connectivity index (χ0v) is 19.8. The average molecular weight is 497 g/mol. The van der Waals surface area contributed by atoms with E-state index in [0.29, 0.717) is 23.0 Å². The van der Waals surface area contributed by atoms with E-state index in [1.54, 1.807) is 43.0 Å². The number of carbonyl (C=O) groups is 2. The molecule has 186 valence electrons. The molecule has 11 nitrogen and oxygen atoms in total. The lowest BCUT2D eigenvalue weighted by Crippen LogP contribution is -2.43. The SMILES string of the molecule is O=C(O)c1cccc(C(=O)Nc2cc(Nc3cnccn3)nc(-c3ccnc(N4CCNCC4)c3)c2)c1. The van der Waals surface area contributed by atoms with Crippen molar-refractivity contribution in [2.75, 3.05) is 41.7 Å². The van der Waals surface area contributed by atoms with E-state index in [0.717, 1.165) is 37.6 Å². The lowest BCUT2D eigenvalue weighted by Gasteiger charge is -2.28. The van der Waals surface area contributed by atoms with Crippen LogP contribution >= 0.6 is 0 Å². The third-order valence-electron chi connectivity index (χ3n) is 5.76. The number of aromatic nitrogens is 4. The second-order valence-corrected chi connectivity index (χ2v) is 8.32. The molecule has 1 amide bonds. The van der Waals surface area contributed by atoms with E-state index < -0.39 is 11.9 Å². The number of nitrogens with zero attached hydrogens (tertiary/aromatic N) is 5. The normalized spacial score (nSPS) is 13.1. The van der Waals surface area contributed by atoms with Crippen molar-refractivity contribution in [1.29, 1.82) is 0 Å². The lowest BCUT2D eigenvalue weighted by atomic mass is 10.1. The molecule has 0 bridgehead atoms. The largest absolute Gasteiger partial charge is 0.478 e. The summed E-state index contributed by atoms with van der Waals surface area (Å²) in [5.74, 6) is 0.253. The van der Waals surface area contributed by atoms with E-state index in [-0.39, 0.29) is 11.1 Å². The number of carboxylic acids is 1. The number of benzene rings is 1. The first kappa shape index (κ1) is 23.8. The molecule has 1 saturated heterocycles. The Kier molecular flexibility index (Phi) is 6.95. The van der Waals surface area contributed by atoms with Crippen LogP contribution in [-0.2, 0) is 0 Å². The summed E-state index contributed by atoms with van der Waals surface area (Å²) >= 11 is 0. The molecule has 1 aliphatic heterocycles. The number of pyridine rings is 2. The summed E-state index contributed by atoms with van der Waals surface area (Å²) < 4.78 is 0. The number of piperazine rings is 1. The maximum absolute atomic E-state index is 13.0. The molecule has 0 saturated carbocycles. The molecule has 1 aliphatic rings. The Morgan fingerprint density at radius 1 is 0.919 bits per heavy atom. The van der Waals surface area contributed by atoms with Gasteiger partial charge in [0.25, 0.3) is 5.91 Å². The standard InChI is InChI=1S/C26H24N8O3/c35-25(18-2-1-3-19(12-18)26(36)37)31-20-14-21(32-22(15-20)33-23-16-28-6-7-29-23)17-4-5-30-24(13-17)34-10-8-27-9-11-34/h1-7,12-16,27H,8-11H2,(H,36,37)(H2,29,31,32,33,35). The van der Waals surface area contributed by atoms with Crippen molar-refractivity contribution in [3.05, 3.63) is 84.4 Å². The maximum Gasteiger partial charge on any atom is 0.335 e. The lowest BCUT2D eigenvalue weighted by molar-refractivity contribution is 0.0697. The van der Waals surface area contributed by atoms with Crippen molar-refractivity contribution < 1.29 is 14.7 Å². The molecule has 4 N–H and O–H groups in total. The Labute approximate surface area is 212 Å². The summed E-state index contributed by atoms with van der Waals surface area (Å²) in [5, 5.41) is 18.6. The van der Waals surface area contributed by atoms with Gasteiger partial charge in [-0.25, -0.2) is 19.7 Å². The maximum atomic E-state index is 13.0. The highest BCUT2D eigenvalue weighted by atomic mass is 16.4. The number of anilines is 4. The van der Waals surface area contributed by atoms with E-state index in [2.05, 4.69) is 35.8 Å². The predicted octanol–water partition coefficient (Wildman–Crippen LogP) is 3.04. The molecule has 1 fully saturated rings. The molecule has 0 atom stereocenters. The first-order chi connectivity index (χ1) is 18.0. The van der Waals surface area contributed by atoms with Gasteiger partial charge in [-0.1, -0.05) is 6.07 Å². The Balaban J connectivity index is 1.48. The van der Waals surface area contributed by atoms with E-state index in [1.807, 2.05) is 12.1 Å². The van der Waals surface area contributed by atoms with Crippen molar-refractivity contribution in [3.63, 3.8) is 0 Å². The average Bonchev–Trinajstić information content (AvgIpc) is 2.94. The summed E-state index contributed by atoms with van der Waals surface area (Å²) in [6.07, 6.45) is 6.44. The summed E-state index contributed by atoms with van der Waals surface area (Å²) in [5.41, 5.74) is 2.18. The van der Waals surface area contributed by atoms with Gasteiger partial charge in [-0.05, 0) is 36.4 Å². The van der Waals surface area contributed by atoms with Gasteiger partial charge in [-0.2, -0.15) is 0 Å². The fraction of sp³-hybridized carbons (Fsp3) is 0.154. The number of carbonyl (C=O) groups excluding carboxylic acids is 1. The Morgan fingerprint density at radius 2 is 1.76 bits per heavy atom. The zero-order valence-electron chi connectivity index (χ0n) is 19.8. The van der Waals surface area contributed by atoms with Gasteiger partial charge in [0, 0.05) is 67.7 Å². The number of carboxylic acid groups (broad SMARTS) is 1. The Hall–Kier alpha value is -4.90. The topological polar surface area (TPSA) is 145 Å². The van der Waals surface area contributed by atoms with E-state index in [9.17, 15) is 14.7 Å². The van der Waals surface area contributed by atoms with E-state index in [4.69, 9.17) is 4.98 Å². The molecule has 11 heteroatoms. The molecule has 3 aromatic heterocycles. The highest BCUT2D eigenvalue weighted by molar-refractivity contribution is 6.06. The molecule has 4 aromatic rings. The van der Waals surface area contributed by atoms with Crippen molar-refractivity contribution in [3.8, 4) is 11.3 Å². The minimum Gasteiger partial charge on any atom is -0.478 e. The molecular formula is C26H24N8O3. The van der Waals surface area contributed by atoms with Gasteiger partial charge in [0.05, 0.1) is 17.5 Å². The van der Waals surface area contributed by atoms with Crippen molar-refractivity contribution >= 4 is 35.0 Å². The molecule has 37 heavy (non-hydrogen) atoms. The van der Waals surface area contributed by atoms with Crippen LogP contribution in [0.1, 0.15) is 20.7 Å². The smallest absolute Gasteiger partial charge is 0.335 e. The second-order valence-electron chi connectivity index (χ2n) is 8.32. The third kappa shape index (κ3) is 5.85. The number of aromatic carboxylic acids is 1. The predicted molar refractivity (Wildman–Crippen MR) is 139 cm³/mol. The van der Waals surface area contributed by atoms with Gasteiger partial charge in [0.15, 0.2) is 0 Å². The molecule has 0 unspecified atom stereocenters. The number of hydrogen-bond acceptors (Lipinski definition) is 9. The van der Waals surface area contributed by atoms with Crippen LogP contribution in [0.25, 0.3) is 11.3 Å². The minimum absolute atomic E-state index is 0.0327. The van der Waals surface area contributed by atoms with Crippen LogP contribution in [0.3, 0.4) is 0 Å². The van der Waals surface area contributed by atoms with Gasteiger partial charge >= 0.3 is 5.97 Å². The summed E-state index contributed by atoms with van der Waals surface area (Å²) in [4.78, 5) is 44.1. The van der Waals surface area contributed by atoms with Gasteiger partial charge in [-0.3, -0.25) is 9.78 Å². The first-order valence-corrected chi connectivity index (χ1v) is 11.7. The monoisotopic (exact) mass is 496 g/mol. The minimum atomic E-state index is -1.10. The zero-order chi connectivity index (χ0) is 25.6. The van der Waals surface area contributed by atoms with E-state index in [1.165, 1.54) is 18.2 Å². The quantitative estimate of drug-likeness (QED) is 0.301. The molecule has 0 aliphatic carbocycles. The van der Waals surface area contributed by atoms with Crippen LogP contribution in [0.5, 0.6) is 0 Å². The van der Waals surface area contributed by atoms with Gasteiger partial charge in [0.2, 0.25) is 0 Å². The van der Waals surface area contributed by atoms with Crippen LogP contribution < -0.4 is 20.9 Å². The second kappa shape index (κ2) is 10.8. The van der Waals surface area contributed by atoms with Crippen molar-refractivity contribution in [2.45, 2.75) is 0 Å².